The molecule has 2 atom stereocenters. The lowest BCUT2D eigenvalue weighted by Gasteiger charge is -2.15. The van der Waals surface area contributed by atoms with Crippen LogP contribution in [0.5, 0.6) is 5.75 Å². The van der Waals surface area contributed by atoms with Gasteiger partial charge in [0, 0.05) is 5.92 Å². The van der Waals surface area contributed by atoms with Crippen molar-refractivity contribution in [2.24, 2.45) is 5.92 Å². The molecule has 84 valence electrons. The van der Waals surface area contributed by atoms with Crippen LogP contribution in [0.25, 0.3) is 0 Å². The molecule has 0 spiro atoms. The Morgan fingerprint density at radius 2 is 2.00 bits per heavy atom. The zero-order chi connectivity index (χ0) is 11.9. The largest absolute Gasteiger partial charge is 0.496 e. The molecule has 0 N–H and O–H groups in total. The molecule has 0 amide bonds. The van der Waals surface area contributed by atoms with E-state index in [0.29, 0.717) is 5.92 Å². The first-order chi connectivity index (χ1) is 7.60. The Balaban J connectivity index is 2.48. The van der Waals surface area contributed by atoms with Crippen molar-refractivity contribution in [3.63, 3.8) is 0 Å². The van der Waals surface area contributed by atoms with E-state index < -0.39 is 0 Å². The van der Waals surface area contributed by atoms with Crippen molar-refractivity contribution in [1.29, 1.82) is 5.26 Å². The van der Waals surface area contributed by atoms with Crippen molar-refractivity contribution in [3.8, 4) is 11.8 Å². The smallest absolute Gasteiger partial charge is 0.122 e. The zero-order valence-corrected chi connectivity index (χ0v) is 10.3. The molecule has 1 saturated carbocycles. The molecule has 16 heavy (non-hydrogen) atoms. The number of ether oxygens (including phenoxy) is 1. The SMILES string of the molecule is COc1cc(C)c(C2CC2C#N)c(C)c1C. The first-order valence-electron chi connectivity index (χ1n) is 5.64. The minimum Gasteiger partial charge on any atom is -0.496 e. The molecule has 0 bridgehead atoms. The summed E-state index contributed by atoms with van der Waals surface area (Å²) in [6.45, 7) is 6.32. The molecule has 2 nitrogen and oxygen atoms in total. The van der Waals surface area contributed by atoms with Gasteiger partial charge in [-0.25, -0.2) is 0 Å². The highest BCUT2D eigenvalue weighted by Gasteiger charge is 2.40. The van der Waals surface area contributed by atoms with E-state index in [1.807, 2.05) is 0 Å². The lowest BCUT2D eigenvalue weighted by Crippen LogP contribution is -1.99. The molecular formula is C14H17NO. The molecule has 1 aromatic carbocycles. The average molecular weight is 215 g/mol. The van der Waals surface area contributed by atoms with Crippen LogP contribution in [0.4, 0.5) is 0 Å². The molecule has 2 unspecified atom stereocenters. The third kappa shape index (κ3) is 1.57. The summed E-state index contributed by atoms with van der Waals surface area (Å²) in [5, 5.41) is 8.91. The van der Waals surface area contributed by atoms with E-state index in [-0.39, 0.29) is 5.92 Å². The average Bonchev–Trinajstić information content (AvgIpc) is 3.03. The van der Waals surface area contributed by atoms with Crippen molar-refractivity contribution in [3.05, 3.63) is 28.3 Å². The van der Waals surface area contributed by atoms with Gasteiger partial charge in [0.2, 0.25) is 0 Å². The lowest BCUT2D eigenvalue weighted by molar-refractivity contribution is 0.410. The van der Waals surface area contributed by atoms with E-state index in [2.05, 4.69) is 32.9 Å². The minimum absolute atomic E-state index is 0.227. The molecule has 2 heteroatoms. The molecule has 1 aromatic rings. The molecule has 0 heterocycles. The predicted octanol–water partition coefficient (Wildman–Crippen LogP) is 3.25. The van der Waals surface area contributed by atoms with Crippen LogP contribution in [0.3, 0.4) is 0 Å². The maximum atomic E-state index is 8.91. The Hall–Kier alpha value is -1.49. The molecule has 0 saturated heterocycles. The standard InChI is InChI=1S/C14H17NO/c1-8-5-13(16-4)9(2)10(3)14(8)12-6-11(12)7-15/h5,11-12H,6H2,1-4H3. The Labute approximate surface area is 96.9 Å². The molecule has 1 aliphatic carbocycles. The van der Waals surface area contributed by atoms with E-state index in [4.69, 9.17) is 10.00 Å². The quantitative estimate of drug-likeness (QED) is 0.758. The maximum Gasteiger partial charge on any atom is 0.122 e. The molecule has 1 fully saturated rings. The molecule has 2 rings (SSSR count). The number of rotatable bonds is 2. The van der Waals surface area contributed by atoms with Gasteiger partial charge in [-0.05, 0) is 55.5 Å². The van der Waals surface area contributed by atoms with Gasteiger partial charge in [0.15, 0.2) is 0 Å². The first kappa shape index (κ1) is 11.0. The predicted molar refractivity (Wildman–Crippen MR) is 63.7 cm³/mol. The Morgan fingerprint density at radius 3 is 2.50 bits per heavy atom. The van der Waals surface area contributed by atoms with Gasteiger partial charge in [-0.1, -0.05) is 0 Å². The Kier molecular flexibility index (Phi) is 2.63. The van der Waals surface area contributed by atoms with Crippen LogP contribution in [0.1, 0.15) is 34.6 Å². The van der Waals surface area contributed by atoms with Crippen LogP contribution in [-0.4, -0.2) is 7.11 Å². The summed E-state index contributed by atoms with van der Waals surface area (Å²) in [6.07, 6.45) is 1.02. The number of hydrogen-bond donors (Lipinski definition) is 0. The number of hydrogen-bond acceptors (Lipinski definition) is 2. The zero-order valence-electron chi connectivity index (χ0n) is 10.3. The van der Waals surface area contributed by atoms with E-state index in [1.54, 1.807) is 7.11 Å². The second kappa shape index (κ2) is 3.83. The molecule has 1 aliphatic rings. The normalized spacial score (nSPS) is 22.7. The van der Waals surface area contributed by atoms with Gasteiger partial charge in [-0.3, -0.25) is 0 Å². The van der Waals surface area contributed by atoms with Gasteiger partial charge in [0.25, 0.3) is 0 Å². The second-order valence-corrected chi connectivity index (χ2v) is 4.64. The van der Waals surface area contributed by atoms with Crippen LogP contribution < -0.4 is 4.74 Å². The summed E-state index contributed by atoms with van der Waals surface area (Å²) in [6, 6.07) is 4.45. The van der Waals surface area contributed by atoms with Crippen LogP contribution in [0, 0.1) is 38.0 Å². The first-order valence-corrected chi connectivity index (χ1v) is 5.64. The Bertz CT molecular complexity index is 471. The number of nitriles is 1. The highest BCUT2D eigenvalue weighted by atomic mass is 16.5. The molecular weight excluding hydrogens is 198 g/mol. The van der Waals surface area contributed by atoms with Crippen molar-refractivity contribution in [1.82, 2.24) is 0 Å². The van der Waals surface area contributed by atoms with Gasteiger partial charge >= 0.3 is 0 Å². The topological polar surface area (TPSA) is 33.0 Å². The number of methoxy groups -OCH3 is 1. The summed E-state index contributed by atoms with van der Waals surface area (Å²) in [5.41, 5.74) is 5.11. The molecule has 0 aliphatic heterocycles. The minimum atomic E-state index is 0.227. The number of aryl methyl sites for hydroxylation is 1. The second-order valence-electron chi connectivity index (χ2n) is 4.64. The van der Waals surface area contributed by atoms with E-state index >= 15 is 0 Å². The number of benzene rings is 1. The summed E-state index contributed by atoms with van der Waals surface area (Å²) in [7, 11) is 1.70. The summed E-state index contributed by atoms with van der Waals surface area (Å²) >= 11 is 0. The van der Waals surface area contributed by atoms with E-state index in [0.717, 1.165) is 12.2 Å². The van der Waals surface area contributed by atoms with E-state index in [9.17, 15) is 0 Å². The third-order valence-electron chi connectivity index (χ3n) is 3.66. The maximum absolute atomic E-state index is 8.91. The van der Waals surface area contributed by atoms with Gasteiger partial charge in [-0.2, -0.15) is 5.26 Å². The molecule has 0 radical (unpaired) electrons. The fraction of sp³-hybridized carbons (Fsp3) is 0.500. The highest BCUT2D eigenvalue weighted by molar-refractivity contribution is 5.51. The van der Waals surface area contributed by atoms with Gasteiger partial charge in [0.1, 0.15) is 5.75 Å². The summed E-state index contributed by atoms with van der Waals surface area (Å²) < 4.78 is 5.35. The fourth-order valence-electron chi connectivity index (χ4n) is 2.50. The summed E-state index contributed by atoms with van der Waals surface area (Å²) in [5.74, 6) is 1.63. The fourth-order valence-corrected chi connectivity index (χ4v) is 2.50. The van der Waals surface area contributed by atoms with Crippen LogP contribution in [0.2, 0.25) is 0 Å². The van der Waals surface area contributed by atoms with Crippen LogP contribution in [0.15, 0.2) is 6.07 Å². The van der Waals surface area contributed by atoms with Gasteiger partial charge < -0.3 is 4.74 Å². The monoisotopic (exact) mass is 215 g/mol. The van der Waals surface area contributed by atoms with Crippen molar-refractivity contribution < 1.29 is 4.74 Å². The highest BCUT2D eigenvalue weighted by Crippen LogP contribution is 2.50. The van der Waals surface area contributed by atoms with Crippen molar-refractivity contribution in [2.75, 3.05) is 7.11 Å². The van der Waals surface area contributed by atoms with Gasteiger partial charge in [-0.15, -0.1) is 0 Å². The van der Waals surface area contributed by atoms with Crippen LogP contribution in [-0.2, 0) is 0 Å². The van der Waals surface area contributed by atoms with Crippen molar-refractivity contribution in [2.45, 2.75) is 33.1 Å². The van der Waals surface area contributed by atoms with E-state index in [1.165, 1.54) is 22.3 Å². The Morgan fingerprint density at radius 1 is 1.31 bits per heavy atom. The van der Waals surface area contributed by atoms with Crippen LogP contribution >= 0.6 is 0 Å². The van der Waals surface area contributed by atoms with Gasteiger partial charge in [0.05, 0.1) is 19.1 Å². The third-order valence-corrected chi connectivity index (χ3v) is 3.66. The van der Waals surface area contributed by atoms with Crippen molar-refractivity contribution >= 4 is 0 Å². The number of nitrogens with zero attached hydrogens (tertiary/aromatic N) is 1. The lowest BCUT2D eigenvalue weighted by atomic mass is 9.93. The summed E-state index contributed by atoms with van der Waals surface area (Å²) in [4.78, 5) is 0. The molecule has 0 aromatic heterocycles.